The summed E-state index contributed by atoms with van der Waals surface area (Å²) in [4.78, 5) is 12.0. The summed E-state index contributed by atoms with van der Waals surface area (Å²) in [6, 6.07) is 5.93. The lowest BCUT2D eigenvalue weighted by Crippen LogP contribution is -2.30. The van der Waals surface area contributed by atoms with Gasteiger partial charge >= 0.3 is 0 Å². The van der Waals surface area contributed by atoms with E-state index in [1.165, 1.54) is 12.8 Å². The van der Waals surface area contributed by atoms with Gasteiger partial charge in [0.1, 0.15) is 0 Å². The Morgan fingerprint density at radius 1 is 1.56 bits per heavy atom. The third-order valence-corrected chi connectivity index (χ3v) is 4.29. The van der Waals surface area contributed by atoms with Crippen molar-refractivity contribution in [3.8, 4) is 0 Å². The molecule has 3 nitrogen and oxygen atoms in total. The second-order valence-electron chi connectivity index (χ2n) is 4.46. The van der Waals surface area contributed by atoms with E-state index in [1.807, 2.05) is 6.07 Å². The van der Waals surface area contributed by atoms with Crippen molar-refractivity contribution in [2.24, 2.45) is 0 Å². The number of amides is 1. The van der Waals surface area contributed by atoms with Crippen LogP contribution >= 0.6 is 34.2 Å². The number of halogens is 2. The van der Waals surface area contributed by atoms with Gasteiger partial charge in [0.2, 0.25) is 0 Å². The van der Waals surface area contributed by atoms with E-state index in [0.29, 0.717) is 23.2 Å². The molecule has 18 heavy (non-hydrogen) atoms. The molecule has 0 aromatic heterocycles. The Labute approximate surface area is 126 Å². The molecule has 2 rings (SSSR count). The Kier molecular flexibility index (Phi) is 5.26. The molecule has 1 aliphatic rings. The van der Waals surface area contributed by atoms with Gasteiger partial charge in [-0.1, -0.05) is 11.6 Å². The summed E-state index contributed by atoms with van der Waals surface area (Å²) in [5.74, 6) is -0.0418. The lowest BCUT2D eigenvalue weighted by molar-refractivity contribution is 0.0951. The minimum atomic E-state index is -0.0418. The zero-order valence-electron chi connectivity index (χ0n) is 10.0. The Hall–Kier alpha value is -0.330. The molecule has 98 valence electrons. The lowest BCUT2D eigenvalue weighted by atomic mass is 10.1. The third kappa shape index (κ3) is 3.83. The molecule has 1 fully saturated rings. The SMILES string of the molecule is O=C(NCCC1CCCN1)c1cc(Cl)ccc1I. The maximum Gasteiger partial charge on any atom is 0.252 e. The van der Waals surface area contributed by atoms with Crippen molar-refractivity contribution in [2.45, 2.75) is 25.3 Å². The van der Waals surface area contributed by atoms with Crippen LogP contribution in [-0.2, 0) is 0 Å². The molecule has 0 aliphatic carbocycles. The van der Waals surface area contributed by atoms with Crippen LogP contribution in [0.1, 0.15) is 29.6 Å². The molecule has 0 saturated carbocycles. The molecular weight excluding hydrogens is 363 g/mol. The maximum atomic E-state index is 12.0. The monoisotopic (exact) mass is 378 g/mol. The van der Waals surface area contributed by atoms with E-state index in [-0.39, 0.29) is 5.91 Å². The highest BCUT2D eigenvalue weighted by Gasteiger charge is 2.15. The average molecular weight is 379 g/mol. The molecule has 1 aromatic rings. The molecule has 1 saturated heterocycles. The second kappa shape index (κ2) is 6.73. The average Bonchev–Trinajstić information content (AvgIpc) is 2.85. The second-order valence-corrected chi connectivity index (χ2v) is 6.06. The zero-order valence-corrected chi connectivity index (χ0v) is 12.9. The van der Waals surface area contributed by atoms with Crippen molar-refractivity contribution < 1.29 is 4.79 Å². The maximum absolute atomic E-state index is 12.0. The van der Waals surface area contributed by atoms with Crippen molar-refractivity contribution in [1.29, 1.82) is 0 Å². The smallest absolute Gasteiger partial charge is 0.252 e. The predicted octanol–water partition coefficient (Wildman–Crippen LogP) is 2.82. The van der Waals surface area contributed by atoms with E-state index in [0.717, 1.165) is 16.5 Å². The van der Waals surface area contributed by atoms with E-state index in [4.69, 9.17) is 11.6 Å². The minimum absolute atomic E-state index is 0.0418. The highest BCUT2D eigenvalue weighted by molar-refractivity contribution is 14.1. The van der Waals surface area contributed by atoms with Crippen molar-refractivity contribution in [3.05, 3.63) is 32.4 Å². The van der Waals surface area contributed by atoms with Gasteiger partial charge in [-0.25, -0.2) is 0 Å². The molecule has 1 unspecified atom stereocenters. The van der Waals surface area contributed by atoms with Crippen LogP contribution in [0.2, 0.25) is 5.02 Å². The van der Waals surface area contributed by atoms with Crippen LogP contribution in [0.4, 0.5) is 0 Å². The number of rotatable bonds is 4. The first-order valence-corrected chi connectivity index (χ1v) is 7.59. The molecule has 5 heteroatoms. The fraction of sp³-hybridized carbons (Fsp3) is 0.462. The largest absolute Gasteiger partial charge is 0.352 e. The lowest BCUT2D eigenvalue weighted by Gasteiger charge is -2.11. The number of hydrogen-bond donors (Lipinski definition) is 2. The summed E-state index contributed by atoms with van der Waals surface area (Å²) >= 11 is 8.06. The normalized spacial score (nSPS) is 18.9. The summed E-state index contributed by atoms with van der Waals surface area (Å²) in [5.41, 5.74) is 0.655. The standard InChI is InChI=1S/C13H16ClIN2O/c14-9-3-4-12(15)11(8-9)13(18)17-7-5-10-2-1-6-16-10/h3-4,8,10,16H,1-2,5-7H2,(H,17,18). The van der Waals surface area contributed by atoms with E-state index >= 15 is 0 Å². The third-order valence-electron chi connectivity index (χ3n) is 3.11. The van der Waals surface area contributed by atoms with Gasteiger partial charge in [0.25, 0.3) is 5.91 Å². The molecule has 0 spiro atoms. The summed E-state index contributed by atoms with van der Waals surface area (Å²) in [7, 11) is 0. The highest BCUT2D eigenvalue weighted by atomic mass is 127. The van der Waals surface area contributed by atoms with Crippen molar-refractivity contribution in [1.82, 2.24) is 10.6 Å². The predicted molar refractivity (Wildman–Crippen MR) is 82.1 cm³/mol. The highest BCUT2D eigenvalue weighted by Crippen LogP contribution is 2.17. The Morgan fingerprint density at radius 3 is 3.11 bits per heavy atom. The number of carbonyl (C=O) groups is 1. The van der Waals surface area contributed by atoms with Crippen LogP contribution in [0.3, 0.4) is 0 Å². The first-order chi connectivity index (χ1) is 8.66. The first-order valence-electron chi connectivity index (χ1n) is 6.13. The van der Waals surface area contributed by atoms with Crippen molar-refractivity contribution in [2.75, 3.05) is 13.1 Å². The molecule has 1 heterocycles. The molecule has 1 amide bonds. The number of carbonyl (C=O) groups excluding carboxylic acids is 1. The fourth-order valence-electron chi connectivity index (χ4n) is 2.13. The van der Waals surface area contributed by atoms with Gasteiger partial charge in [-0.05, 0) is 66.6 Å². The number of benzene rings is 1. The Morgan fingerprint density at radius 2 is 2.39 bits per heavy atom. The zero-order chi connectivity index (χ0) is 13.0. The summed E-state index contributed by atoms with van der Waals surface area (Å²) in [6.45, 7) is 1.81. The van der Waals surface area contributed by atoms with Crippen LogP contribution in [0, 0.1) is 3.57 Å². The topological polar surface area (TPSA) is 41.1 Å². The quantitative estimate of drug-likeness (QED) is 0.791. The first kappa shape index (κ1) is 14.1. The fourth-order valence-corrected chi connectivity index (χ4v) is 2.88. The Bertz CT molecular complexity index is 433. The van der Waals surface area contributed by atoms with Crippen molar-refractivity contribution >= 4 is 40.1 Å². The van der Waals surface area contributed by atoms with Crippen LogP contribution in [0.5, 0.6) is 0 Å². The van der Waals surface area contributed by atoms with Gasteiger partial charge in [0.05, 0.1) is 5.56 Å². The van der Waals surface area contributed by atoms with Crippen LogP contribution < -0.4 is 10.6 Å². The number of hydrogen-bond acceptors (Lipinski definition) is 2. The van der Waals surface area contributed by atoms with Gasteiger partial charge in [-0.15, -0.1) is 0 Å². The van der Waals surface area contributed by atoms with Crippen LogP contribution in [-0.4, -0.2) is 25.0 Å². The summed E-state index contributed by atoms with van der Waals surface area (Å²) in [5, 5.41) is 6.96. The van der Waals surface area contributed by atoms with Crippen molar-refractivity contribution in [3.63, 3.8) is 0 Å². The van der Waals surface area contributed by atoms with Gasteiger partial charge in [0.15, 0.2) is 0 Å². The summed E-state index contributed by atoms with van der Waals surface area (Å²) in [6.07, 6.45) is 3.44. The minimum Gasteiger partial charge on any atom is -0.352 e. The van der Waals surface area contributed by atoms with Crippen LogP contribution in [0.15, 0.2) is 18.2 Å². The van der Waals surface area contributed by atoms with E-state index in [9.17, 15) is 4.79 Å². The molecular formula is C13H16ClIN2O. The van der Waals surface area contributed by atoms with Gasteiger partial charge in [-0.3, -0.25) is 4.79 Å². The number of nitrogens with one attached hydrogen (secondary N) is 2. The van der Waals surface area contributed by atoms with E-state index in [2.05, 4.69) is 33.2 Å². The van der Waals surface area contributed by atoms with Gasteiger partial charge in [0, 0.05) is 21.2 Å². The van der Waals surface area contributed by atoms with Crippen LogP contribution in [0.25, 0.3) is 0 Å². The Balaban J connectivity index is 1.85. The van der Waals surface area contributed by atoms with Gasteiger partial charge in [-0.2, -0.15) is 0 Å². The molecule has 1 aliphatic heterocycles. The van der Waals surface area contributed by atoms with E-state index < -0.39 is 0 Å². The molecule has 1 aromatic carbocycles. The molecule has 2 N–H and O–H groups in total. The van der Waals surface area contributed by atoms with Gasteiger partial charge < -0.3 is 10.6 Å². The molecule has 1 atom stereocenters. The van der Waals surface area contributed by atoms with E-state index in [1.54, 1.807) is 12.1 Å². The summed E-state index contributed by atoms with van der Waals surface area (Å²) < 4.78 is 0.925. The molecule has 0 radical (unpaired) electrons. The molecule has 0 bridgehead atoms.